The Kier molecular flexibility index (Phi) is 17.1. The van der Waals surface area contributed by atoms with Gasteiger partial charge in [-0.05, 0) is 88.2 Å². The maximum absolute atomic E-state index is 13.1. The molecule has 0 spiro atoms. The highest BCUT2D eigenvalue weighted by Gasteiger charge is 2.48. The van der Waals surface area contributed by atoms with Gasteiger partial charge in [0, 0.05) is 11.8 Å². The number of phenols is 2. The first-order valence-electron chi connectivity index (χ1n) is 20.0. The number of carbonyl (C=O) groups is 2. The van der Waals surface area contributed by atoms with Crippen LogP contribution in [0, 0.1) is 5.41 Å². The molecule has 2 aromatic rings. The van der Waals surface area contributed by atoms with Crippen LogP contribution >= 0.6 is 0 Å². The molecule has 0 saturated heterocycles. The molecule has 2 unspecified atom stereocenters. The maximum atomic E-state index is 13.1. The summed E-state index contributed by atoms with van der Waals surface area (Å²) >= 11 is 0. The lowest BCUT2D eigenvalue weighted by atomic mass is 9.55. The summed E-state index contributed by atoms with van der Waals surface area (Å²) in [6, 6.07) is 8.16. The van der Waals surface area contributed by atoms with E-state index in [0.29, 0.717) is 25.7 Å². The van der Waals surface area contributed by atoms with Crippen LogP contribution in [0.4, 0.5) is 0 Å². The summed E-state index contributed by atoms with van der Waals surface area (Å²) < 4.78 is 0. The van der Waals surface area contributed by atoms with Crippen LogP contribution in [0.5, 0.6) is 11.5 Å². The maximum Gasteiger partial charge on any atom is 0.303 e. The molecule has 4 N–H and O–H groups in total. The molecule has 0 saturated carbocycles. The molecule has 0 fully saturated rings. The number of carboxylic acid groups (broad SMARTS) is 2. The van der Waals surface area contributed by atoms with Gasteiger partial charge in [-0.1, -0.05) is 145 Å². The second-order valence-corrected chi connectivity index (χ2v) is 17.3. The lowest BCUT2D eigenvalue weighted by Crippen LogP contribution is -2.39. The number of hydrogen-bond donors (Lipinski definition) is 4. The SMILES string of the molecule is CCCCCCC(CCCC)(C(CC(=O)O)c1cc(CCCC)c(O)c(C(C)(C)C)c1)C(CC(=O)O)c1cc(CCCC)c(O)c(C(C)(C)C)c1. The minimum atomic E-state index is -0.909. The first-order chi connectivity index (χ1) is 23.9. The van der Waals surface area contributed by atoms with Gasteiger partial charge >= 0.3 is 11.9 Å². The topological polar surface area (TPSA) is 115 Å². The predicted octanol–water partition coefficient (Wildman–Crippen LogP) is 12.3. The van der Waals surface area contributed by atoms with E-state index in [4.69, 9.17) is 0 Å². The van der Waals surface area contributed by atoms with Crippen LogP contribution in [0.3, 0.4) is 0 Å². The number of rotatable bonds is 22. The lowest BCUT2D eigenvalue weighted by molar-refractivity contribution is -0.139. The average Bonchev–Trinajstić information content (AvgIpc) is 3.04. The molecule has 288 valence electrons. The van der Waals surface area contributed by atoms with Crippen LogP contribution in [0.15, 0.2) is 24.3 Å². The van der Waals surface area contributed by atoms with Crippen molar-refractivity contribution in [1.29, 1.82) is 0 Å². The Bertz CT molecular complexity index is 1310. The number of hydrogen-bond acceptors (Lipinski definition) is 4. The first-order valence-corrected chi connectivity index (χ1v) is 20.0. The fourth-order valence-corrected chi connectivity index (χ4v) is 8.21. The summed E-state index contributed by atoms with van der Waals surface area (Å²) in [6.07, 6.45) is 11.9. The highest BCUT2D eigenvalue weighted by molar-refractivity contribution is 5.70. The average molecular weight is 709 g/mol. The van der Waals surface area contributed by atoms with Gasteiger partial charge in [0.25, 0.3) is 0 Å². The fraction of sp³-hybridized carbons (Fsp3) is 0.689. The number of phenolic OH excluding ortho intramolecular Hbond substituents is 2. The quantitative estimate of drug-likeness (QED) is 0.0905. The van der Waals surface area contributed by atoms with E-state index in [2.05, 4.69) is 69.2 Å². The summed E-state index contributed by atoms with van der Waals surface area (Å²) in [5.41, 5.74) is 3.53. The molecular formula is C45H72O6. The zero-order valence-corrected chi connectivity index (χ0v) is 33.9. The molecule has 6 nitrogen and oxygen atoms in total. The number of aliphatic carboxylic acids is 2. The number of benzene rings is 2. The van der Waals surface area contributed by atoms with E-state index in [1.165, 1.54) is 0 Å². The van der Waals surface area contributed by atoms with Gasteiger partial charge in [0.1, 0.15) is 11.5 Å². The van der Waals surface area contributed by atoms with Crippen molar-refractivity contribution in [3.05, 3.63) is 57.6 Å². The highest BCUT2D eigenvalue weighted by Crippen LogP contribution is 2.58. The lowest BCUT2D eigenvalue weighted by Gasteiger charge is -2.48. The van der Waals surface area contributed by atoms with Crippen molar-refractivity contribution >= 4 is 11.9 Å². The Morgan fingerprint density at radius 2 is 0.922 bits per heavy atom. The Labute approximate surface area is 310 Å². The zero-order chi connectivity index (χ0) is 38.6. The number of aryl methyl sites for hydroxylation is 2. The molecule has 0 bridgehead atoms. The molecule has 0 aliphatic heterocycles. The van der Waals surface area contributed by atoms with Crippen LogP contribution in [0.2, 0.25) is 0 Å². The summed E-state index contributed by atoms with van der Waals surface area (Å²) in [5, 5.41) is 44.6. The smallest absolute Gasteiger partial charge is 0.303 e. The van der Waals surface area contributed by atoms with E-state index in [-0.39, 0.29) is 24.3 Å². The number of carboxylic acids is 2. The predicted molar refractivity (Wildman–Crippen MR) is 212 cm³/mol. The third kappa shape index (κ3) is 12.0. The van der Waals surface area contributed by atoms with E-state index >= 15 is 0 Å². The van der Waals surface area contributed by atoms with Crippen LogP contribution in [-0.4, -0.2) is 32.4 Å². The first kappa shape index (κ1) is 44.1. The van der Waals surface area contributed by atoms with Crippen molar-refractivity contribution in [1.82, 2.24) is 0 Å². The van der Waals surface area contributed by atoms with Gasteiger partial charge in [-0.25, -0.2) is 0 Å². The van der Waals surface area contributed by atoms with Gasteiger partial charge in [0.2, 0.25) is 0 Å². The minimum Gasteiger partial charge on any atom is -0.507 e. The van der Waals surface area contributed by atoms with Gasteiger partial charge in [-0.15, -0.1) is 0 Å². The van der Waals surface area contributed by atoms with Gasteiger partial charge in [-0.2, -0.15) is 0 Å². The van der Waals surface area contributed by atoms with Crippen LogP contribution in [0.25, 0.3) is 0 Å². The zero-order valence-electron chi connectivity index (χ0n) is 33.9. The molecule has 0 aromatic heterocycles. The van der Waals surface area contributed by atoms with E-state index in [1.54, 1.807) is 0 Å². The molecule has 2 atom stereocenters. The molecule has 51 heavy (non-hydrogen) atoms. The van der Waals surface area contributed by atoms with Gasteiger partial charge < -0.3 is 20.4 Å². The number of aromatic hydroxyl groups is 2. The van der Waals surface area contributed by atoms with E-state index < -0.39 is 40.0 Å². The van der Waals surface area contributed by atoms with E-state index in [9.17, 15) is 30.0 Å². The summed E-state index contributed by atoms with van der Waals surface area (Å²) in [7, 11) is 0. The van der Waals surface area contributed by atoms with Gasteiger partial charge in [0.15, 0.2) is 0 Å². The van der Waals surface area contributed by atoms with Crippen molar-refractivity contribution in [3.63, 3.8) is 0 Å². The van der Waals surface area contributed by atoms with Crippen molar-refractivity contribution in [3.8, 4) is 11.5 Å². The highest BCUT2D eigenvalue weighted by atomic mass is 16.4. The van der Waals surface area contributed by atoms with Crippen LogP contribution < -0.4 is 0 Å². The van der Waals surface area contributed by atoms with Gasteiger partial charge in [-0.3, -0.25) is 9.59 Å². The summed E-state index contributed by atoms with van der Waals surface area (Å²) in [6.45, 7) is 21.0. The molecule has 0 aliphatic carbocycles. The molecule has 6 heteroatoms. The normalized spacial score (nSPS) is 14.6. The number of unbranched alkanes of at least 4 members (excludes halogenated alkanes) is 6. The third-order valence-corrected chi connectivity index (χ3v) is 11.1. The monoisotopic (exact) mass is 709 g/mol. The van der Waals surface area contributed by atoms with Gasteiger partial charge in [0.05, 0.1) is 12.8 Å². The third-order valence-electron chi connectivity index (χ3n) is 11.1. The van der Waals surface area contributed by atoms with Crippen molar-refractivity contribution in [2.75, 3.05) is 0 Å². The Hall–Kier alpha value is -3.02. The van der Waals surface area contributed by atoms with Crippen molar-refractivity contribution in [2.45, 2.75) is 195 Å². The standard InChI is InChI=1S/C45H72O6/c1-11-15-19-20-24-45(23-18-14-4,35(29-39(46)47)33-25-31(21-16-12-2)41(50)37(27-33)43(5,6)7)36(30-40(48)49)34-26-32(22-17-13-3)42(51)38(28-34)44(8,9)10/h25-28,35-36,50-51H,11-24,29-30H2,1-10H3,(H,46,47)(H,48,49). The Balaban J connectivity index is 3.22. The Morgan fingerprint density at radius 1 is 0.549 bits per heavy atom. The molecule has 0 amide bonds. The van der Waals surface area contributed by atoms with E-state index in [1.807, 2.05) is 24.3 Å². The largest absolute Gasteiger partial charge is 0.507 e. The fourth-order valence-electron chi connectivity index (χ4n) is 8.21. The molecule has 0 aliphatic rings. The van der Waals surface area contributed by atoms with E-state index in [0.717, 1.165) is 97.6 Å². The van der Waals surface area contributed by atoms with Crippen molar-refractivity contribution < 1.29 is 30.0 Å². The second-order valence-electron chi connectivity index (χ2n) is 17.3. The van der Waals surface area contributed by atoms with Crippen LogP contribution in [-0.2, 0) is 33.3 Å². The molecule has 0 heterocycles. The molecule has 2 aromatic carbocycles. The van der Waals surface area contributed by atoms with Crippen molar-refractivity contribution in [2.24, 2.45) is 5.41 Å². The summed E-state index contributed by atoms with van der Waals surface area (Å²) in [4.78, 5) is 26.1. The molecule has 0 radical (unpaired) electrons. The van der Waals surface area contributed by atoms with Crippen LogP contribution in [0.1, 0.15) is 204 Å². The molecular weight excluding hydrogens is 636 g/mol. The minimum absolute atomic E-state index is 0.137. The molecule has 2 rings (SSSR count). The second kappa shape index (κ2) is 19.7. The summed E-state index contributed by atoms with van der Waals surface area (Å²) in [5.74, 6) is -2.25. The Morgan fingerprint density at radius 3 is 1.25 bits per heavy atom.